The molecule has 8 nitrogen and oxygen atoms in total. The van der Waals surface area contributed by atoms with Gasteiger partial charge in [-0.2, -0.15) is 4.98 Å². The molecule has 1 saturated heterocycles. The fourth-order valence-electron chi connectivity index (χ4n) is 2.89. The maximum absolute atomic E-state index is 12.5. The van der Waals surface area contributed by atoms with E-state index in [4.69, 9.17) is 16.1 Å². The molecule has 0 saturated carbocycles. The minimum Gasteiger partial charge on any atom is -0.341 e. The quantitative estimate of drug-likeness (QED) is 0.865. The molecule has 1 fully saturated rings. The third kappa shape index (κ3) is 4.57. The summed E-state index contributed by atoms with van der Waals surface area (Å²) in [6, 6.07) is 6.27. The maximum atomic E-state index is 12.5. The Labute approximate surface area is 162 Å². The SMILES string of the molecule is CCN1CCCN(C(=O)NC(C)c2noc(-c3ccc(Cl)cc3)n2)CC1=O. The second kappa shape index (κ2) is 8.39. The summed E-state index contributed by atoms with van der Waals surface area (Å²) in [5.41, 5.74) is 0.745. The summed E-state index contributed by atoms with van der Waals surface area (Å²) in [4.78, 5) is 32.3. The Morgan fingerprint density at radius 1 is 1.33 bits per heavy atom. The molecule has 144 valence electrons. The van der Waals surface area contributed by atoms with Gasteiger partial charge in [0.2, 0.25) is 5.91 Å². The van der Waals surface area contributed by atoms with E-state index in [0.29, 0.717) is 36.4 Å². The highest BCUT2D eigenvalue weighted by Gasteiger charge is 2.26. The molecule has 1 aromatic heterocycles. The molecule has 1 unspecified atom stereocenters. The van der Waals surface area contributed by atoms with E-state index in [9.17, 15) is 9.59 Å². The molecule has 1 aromatic carbocycles. The van der Waals surface area contributed by atoms with Crippen LogP contribution in [0.15, 0.2) is 28.8 Å². The third-order valence-electron chi connectivity index (χ3n) is 4.46. The normalized spacial score (nSPS) is 16.2. The highest BCUT2D eigenvalue weighted by atomic mass is 35.5. The second-order valence-electron chi connectivity index (χ2n) is 6.38. The summed E-state index contributed by atoms with van der Waals surface area (Å²) in [7, 11) is 0. The van der Waals surface area contributed by atoms with Crippen LogP contribution in [0.5, 0.6) is 0 Å². The predicted octanol–water partition coefficient (Wildman–Crippen LogP) is 2.71. The van der Waals surface area contributed by atoms with Crippen LogP contribution in [0.2, 0.25) is 5.02 Å². The van der Waals surface area contributed by atoms with Gasteiger partial charge >= 0.3 is 6.03 Å². The second-order valence-corrected chi connectivity index (χ2v) is 6.82. The van der Waals surface area contributed by atoms with Crippen LogP contribution in [-0.4, -0.2) is 58.1 Å². The van der Waals surface area contributed by atoms with Crippen molar-refractivity contribution in [2.75, 3.05) is 26.2 Å². The Hall–Kier alpha value is -2.61. The lowest BCUT2D eigenvalue weighted by Crippen LogP contribution is -2.45. The molecule has 0 bridgehead atoms. The topological polar surface area (TPSA) is 91.6 Å². The number of hydrogen-bond acceptors (Lipinski definition) is 5. The van der Waals surface area contributed by atoms with Crippen molar-refractivity contribution in [1.82, 2.24) is 25.3 Å². The fourth-order valence-corrected chi connectivity index (χ4v) is 3.01. The molecule has 0 aliphatic carbocycles. The van der Waals surface area contributed by atoms with E-state index in [1.54, 1.807) is 36.1 Å². The lowest BCUT2D eigenvalue weighted by molar-refractivity contribution is -0.130. The van der Waals surface area contributed by atoms with Crippen molar-refractivity contribution in [3.63, 3.8) is 0 Å². The lowest BCUT2D eigenvalue weighted by atomic mass is 10.2. The average molecular weight is 392 g/mol. The summed E-state index contributed by atoms with van der Waals surface area (Å²) in [6.45, 7) is 5.64. The number of urea groups is 1. The number of benzene rings is 1. The Bertz CT molecular complexity index is 808. The summed E-state index contributed by atoms with van der Waals surface area (Å²) >= 11 is 5.88. The molecule has 1 atom stereocenters. The fraction of sp³-hybridized carbons (Fsp3) is 0.444. The highest BCUT2D eigenvalue weighted by Crippen LogP contribution is 2.21. The minimum absolute atomic E-state index is 0.0395. The van der Waals surface area contributed by atoms with Gasteiger partial charge in [-0.3, -0.25) is 4.79 Å². The van der Waals surface area contributed by atoms with Crippen molar-refractivity contribution in [1.29, 1.82) is 0 Å². The molecule has 3 amide bonds. The van der Waals surface area contributed by atoms with E-state index in [1.807, 2.05) is 6.92 Å². The van der Waals surface area contributed by atoms with Crippen LogP contribution >= 0.6 is 11.6 Å². The van der Waals surface area contributed by atoms with Crippen LogP contribution in [0.25, 0.3) is 11.5 Å². The molecule has 1 N–H and O–H groups in total. The first-order valence-electron chi connectivity index (χ1n) is 8.90. The molecule has 27 heavy (non-hydrogen) atoms. The Kier molecular flexibility index (Phi) is 5.95. The molecule has 0 radical (unpaired) electrons. The van der Waals surface area contributed by atoms with Gasteiger partial charge in [-0.25, -0.2) is 4.79 Å². The Balaban J connectivity index is 1.63. The van der Waals surface area contributed by atoms with Crippen molar-refractivity contribution in [3.8, 4) is 11.5 Å². The van der Waals surface area contributed by atoms with E-state index in [1.165, 1.54) is 4.90 Å². The van der Waals surface area contributed by atoms with Crippen molar-refractivity contribution in [2.24, 2.45) is 0 Å². The summed E-state index contributed by atoms with van der Waals surface area (Å²) < 4.78 is 5.27. The standard InChI is InChI=1S/C18H22ClN5O3/c1-3-23-9-4-10-24(11-15(23)25)18(26)20-12(2)16-21-17(27-22-16)13-5-7-14(19)8-6-13/h5-8,12H,3-4,9-11H2,1-2H3,(H,20,26). The van der Waals surface area contributed by atoms with Gasteiger partial charge in [-0.05, 0) is 44.5 Å². The van der Waals surface area contributed by atoms with E-state index in [0.717, 1.165) is 12.0 Å². The first kappa shape index (κ1) is 19.2. The van der Waals surface area contributed by atoms with Crippen LogP contribution in [-0.2, 0) is 4.79 Å². The van der Waals surface area contributed by atoms with Crippen LogP contribution in [0.1, 0.15) is 32.1 Å². The number of halogens is 1. The van der Waals surface area contributed by atoms with Crippen molar-refractivity contribution in [3.05, 3.63) is 35.1 Å². The Morgan fingerprint density at radius 2 is 2.07 bits per heavy atom. The number of amides is 3. The molecule has 2 aromatic rings. The monoisotopic (exact) mass is 391 g/mol. The van der Waals surface area contributed by atoms with Gasteiger partial charge in [-0.1, -0.05) is 16.8 Å². The maximum Gasteiger partial charge on any atom is 0.318 e. The van der Waals surface area contributed by atoms with Gasteiger partial charge in [0.15, 0.2) is 5.82 Å². The highest BCUT2D eigenvalue weighted by molar-refractivity contribution is 6.30. The zero-order chi connectivity index (χ0) is 19.4. The van der Waals surface area contributed by atoms with Crippen molar-refractivity contribution < 1.29 is 14.1 Å². The van der Waals surface area contributed by atoms with E-state index < -0.39 is 6.04 Å². The Morgan fingerprint density at radius 3 is 2.78 bits per heavy atom. The van der Waals surface area contributed by atoms with E-state index in [-0.39, 0.29) is 18.5 Å². The first-order valence-corrected chi connectivity index (χ1v) is 9.28. The predicted molar refractivity (Wildman–Crippen MR) is 100 cm³/mol. The van der Waals surface area contributed by atoms with Gasteiger partial charge in [0.05, 0.1) is 6.04 Å². The number of aromatic nitrogens is 2. The number of hydrogen-bond donors (Lipinski definition) is 1. The minimum atomic E-state index is -0.456. The van der Waals surface area contributed by atoms with Gasteiger partial charge in [0.1, 0.15) is 6.54 Å². The number of carbonyl (C=O) groups excluding carboxylic acids is 2. The zero-order valence-corrected chi connectivity index (χ0v) is 16.1. The number of rotatable bonds is 4. The molecular formula is C18H22ClN5O3. The lowest BCUT2D eigenvalue weighted by Gasteiger charge is -2.22. The summed E-state index contributed by atoms with van der Waals surface area (Å²) in [5, 5.41) is 7.39. The molecular weight excluding hydrogens is 370 g/mol. The van der Waals surface area contributed by atoms with Crippen molar-refractivity contribution in [2.45, 2.75) is 26.3 Å². The average Bonchev–Trinajstić information content (AvgIpc) is 3.07. The van der Waals surface area contributed by atoms with Crippen LogP contribution in [0.4, 0.5) is 4.79 Å². The number of carbonyl (C=O) groups is 2. The van der Waals surface area contributed by atoms with Gasteiger partial charge < -0.3 is 19.6 Å². The largest absolute Gasteiger partial charge is 0.341 e. The van der Waals surface area contributed by atoms with Gasteiger partial charge in [-0.15, -0.1) is 0 Å². The third-order valence-corrected chi connectivity index (χ3v) is 4.72. The van der Waals surface area contributed by atoms with Crippen LogP contribution < -0.4 is 5.32 Å². The zero-order valence-electron chi connectivity index (χ0n) is 15.3. The van der Waals surface area contributed by atoms with Crippen molar-refractivity contribution >= 4 is 23.5 Å². The summed E-state index contributed by atoms with van der Waals surface area (Å²) in [5.74, 6) is 0.679. The van der Waals surface area contributed by atoms with Crippen LogP contribution in [0, 0.1) is 0 Å². The smallest absolute Gasteiger partial charge is 0.318 e. The molecule has 1 aliphatic heterocycles. The molecule has 2 heterocycles. The van der Waals surface area contributed by atoms with Crippen LogP contribution in [0.3, 0.4) is 0 Å². The summed E-state index contributed by atoms with van der Waals surface area (Å²) in [6.07, 6.45) is 0.754. The van der Waals surface area contributed by atoms with Gasteiger partial charge in [0, 0.05) is 30.2 Å². The molecule has 0 spiro atoms. The van der Waals surface area contributed by atoms with E-state index in [2.05, 4.69) is 15.5 Å². The van der Waals surface area contributed by atoms with E-state index >= 15 is 0 Å². The first-order chi connectivity index (χ1) is 13.0. The number of likely N-dealkylation sites (N-methyl/N-ethyl adjacent to an activating group) is 1. The number of nitrogens with one attached hydrogen (secondary N) is 1. The number of nitrogens with zero attached hydrogens (tertiary/aromatic N) is 4. The van der Waals surface area contributed by atoms with Gasteiger partial charge in [0.25, 0.3) is 5.89 Å². The molecule has 9 heteroatoms. The molecule has 3 rings (SSSR count). The molecule has 1 aliphatic rings.